The smallest absolute Gasteiger partial charge is 0.404 e. The van der Waals surface area contributed by atoms with Crippen LogP contribution in [0.1, 0.15) is 5.56 Å². The summed E-state index contributed by atoms with van der Waals surface area (Å²) in [5.41, 5.74) is 0.865. The Kier molecular flexibility index (Phi) is 4.71. The van der Waals surface area contributed by atoms with E-state index in [-0.39, 0.29) is 6.54 Å². The van der Waals surface area contributed by atoms with E-state index in [4.69, 9.17) is 16.7 Å². The van der Waals surface area contributed by atoms with Crippen molar-refractivity contribution in [2.45, 2.75) is 16.3 Å². The fourth-order valence-corrected chi connectivity index (χ4v) is 2.71. The van der Waals surface area contributed by atoms with Crippen LogP contribution in [0, 0.1) is 0 Å². The Hall–Kier alpha value is -1.65. The molecule has 19 heavy (non-hydrogen) atoms. The zero-order chi connectivity index (χ0) is 13.7. The van der Waals surface area contributed by atoms with E-state index < -0.39 is 6.09 Å². The number of hydrogen-bond acceptors (Lipinski definition) is 2. The van der Waals surface area contributed by atoms with Crippen LogP contribution in [0.25, 0.3) is 0 Å². The van der Waals surface area contributed by atoms with Gasteiger partial charge in [0.05, 0.1) is 0 Å². The molecule has 0 aliphatic rings. The third-order valence-corrected chi connectivity index (χ3v) is 3.78. The molecule has 2 aromatic carbocycles. The summed E-state index contributed by atoms with van der Waals surface area (Å²) in [5.74, 6) is 0. The molecule has 1 amide bonds. The predicted octanol–water partition coefficient (Wildman–Crippen LogP) is 4.26. The maximum atomic E-state index is 10.6. The molecule has 0 spiro atoms. The molecule has 0 atom stereocenters. The van der Waals surface area contributed by atoms with E-state index in [1.165, 1.54) is 0 Å². The van der Waals surface area contributed by atoms with Crippen molar-refractivity contribution in [3.63, 3.8) is 0 Å². The molecule has 0 bridgehead atoms. The summed E-state index contributed by atoms with van der Waals surface area (Å²) < 4.78 is 0. The summed E-state index contributed by atoms with van der Waals surface area (Å²) in [6, 6.07) is 15.4. The highest BCUT2D eigenvalue weighted by atomic mass is 35.5. The van der Waals surface area contributed by atoms with Crippen molar-refractivity contribution in [1.82, 2.24) is 5.32 Å². The topological polar surface area (TPSA) is 49.3 Å². The molecule has 0 fully saturated rings. The van der Waals surface area contributed by atoms with Crippen LogP contribution in [0.4, 0.5) is 4.79 Å². The number of carbonyl (C=O) groups is 1. The molecule has 98 valence electrons. The Labute approximate surface area is 120 Å². The lowest BCUT2D eigenvalue weighted by molar-refractivity contribution is 0.194. The van der Waals surface area contributed by atoms with Crippen LogP contribution < -0.4 is 5.32 Å². The number of halogens is 1. The van der Waals surface area contributed by atoms with Crippen LogP contribution in [0.15, 0.2) is 58.3 Å². The van der Waals surface area contributed by atoms with Crippen LogP contribution in [-0.2, 0) is 6.54 Å². The van der Waals surface area contributed by atoms with Crippen LogP contribution in [0.3, 0.4) is 0 Å². The summed E-state index contributed by atoms with van der Waals surface area (Å²) in [6.07, 6.45) is -1.05. The molecule has 2 aromatic rings. The minimum atomic E-state index is -1.05. The molecule has 0 aliphatic carbocycles. The Morgan fingerprint density at radius 2 is 1.95 bits per heavy atom. The Balaban J connectivity index is 2.21. The van der Waals surface area contributed by atoms with E-state index >= 15 is 0 Å². The first-order valence-corrected chi connectivity index (χ1v) is 6.83. The molecule has 2 rings (SSSR count). The average molecular weight is 294 g/mol. The molecule has 5 heteroatoms. The second-order valence-corrected chi connectivity index (χ2v) is 5.38. The molecule has 3 nitrogen and oxygen atoms in total. The second kappa shape index (κ2) is 6.50. The Morgan fingerprint density at radius 3 is 2.63 bits per heavy atom. The zero-order valence-electron chi connectivity index (χ0n) is 9.97. The molecule has 0 radical (unpaired) electrons. The molecule has 0 unspecified atom stereocenters. The number of rotatable bonds is 4. The van der Waals surface area contributed by atoms with Gasteiger partial charge in [-0.25, -0.2) is 4.79 Å². The number of nitrogens with one attached hydrogen (secondary N) is 1. The van der Waals surface area contributed by atoms with E-state index in [0.717, 1.165) is 15.4 Å². The molecule has 0 aliphatic heterocycles. The van der Waals surface area contributed by atoms with Gasteiger partial charge in [0.1, 0.15) is 0 Å². The van der Waals surface area contributed by atoms with Crippen molar-refractivity contribution < 1.29 is 9.90 Å². The van der Waals surface area contributed by atoms with E-state index in [2.05, 4.69) is 5.32 Å². The van der Waals surface area contributed by atoms with Crippen molar-refractivity contribution in [2.75, 3.05) is 0 Å². The summed E-state index contributed by atoms with van der Waals surface area (Å²) in [7, 11) is 0. The number of benzene rings is 2. The van der Waals surface area contributed by atoms with Gasteiger partial charge in [-0.15, -0.1) is 0 Å². The van der Waals surface area contributed by atoms with Crippen molar-refractivity contribution in [1.29, 1.82) is 0 Å². The molecule has 2 N–H and O–H groups in total. The third-order valence-electron chi connectivity index (χ3n) is 2.42. The minimum Gasteiger partial charge on any atom is -0.465 e. The largest absolute Gasteiger partial charge is 0.465 e. The van der Waals surface area contributed by atoms with E-state index in [1.54, 1.807) is 23.9 Å². The standard InChI is InChI=1S/C14H12ClNO2S/c15-11-6-7-13(10(8-11)9-16-14(17)18)19-12-4-2-1-3-5-12/h1-8,16H,9H2,(H,17,18). The lowest BCUT2D eigenvalue weighted by Crippen LogP contribution is -2.20. The lowest BCUT2D eigenvalue weighted by atomic mass is 10.2. The molecule has 0 heterocycles. The summed E-state index contributed by atoms with van der Waals surface area (Å²) in [6.45, 7) is 0.241. The van der Waals surface area contributed by atoms with Gasteiger partial charge in [0.25, 0.3) is 0 Å². The van der Waals surface area contributed by atoms with E-state index in [0.29, 0.717) is 5.02 Å². The highest BCUT2D eigenvalue weighted by Gasteiger charge is 2.06. The van der Waals surface area contributed by atoms with Crippen molar-refractivity contribution in [3.8, 4) is 0 Å². The van der Waals surface area contributed by atoms with Gasteiger partial charge in [-0.1, -0.05) is 41.6 Å². The fraction of sp³-hybridized carbons (Fsp3) is 0.0714. The number of amides is 1. The summed E-state index contributed by atoms with van der Waals surface area (Å²) in [5, 5.41) is 11.6. The highest BCUT2D eigenvalue weighted by Crippen LogP contribution is 2.31. The molecular weight excluding hydrogens is 282 g/mol. The molecule has 0 saturated carbocycles. The van der Waals surface area contributed by atoms with E-state index in [9.17, 15) is 4.79 Å². The van der Waals surface area contributed by atoms with Gasteiger partial charge >= 0.3 is 6.09 Å². The monoisotopic (exact) mass is 293 g/mol. The predicted molar refractivity (Wildman–Crippen MR) is 76.9 cm³/mol. The van der Waals surface area contributed by atoms with Crippen LogP contribution in [-0.4, -0.2) is 11.2 Å². The van der Waals surface area contributed by atoms with Crippen molar-refractivity contribution >= 4 is 29.5 Å². The molecule has 0 aromatic heterocycles. The van der Waals surface area contributed by atoms with Gasteiger partial charge in [0.15, 0.2) is 0 Å². The van der Waals surface area contributed by atoms with Crippen molar-refractivity contribution in [2.24, 2.45) is 0 Å². The van der Waals surface area contributed by atoms with Gasteiger partial charge in [-0.05, 0) is 35.9 Å². The van der Waals surface area contributed by atoms with Gasteiger partial charge in [0, 0.05) is 21.4 Å². The van der Waals surface area contributed by atoms with Crippen LogP contribution >= 0.6 is 23.4 Å². The zero-order valence-corrected chi connectivity index (χ0v) is 11.5. The van der Waals surface area contributed by atoms with Crippen molar-refractivity contribution in [3.05, 3.63) is 59.1 Å². The molecule has 0 saturated heterocycles. The van der Waals surface area contributed by atoms with Gasteiger partial charge in [-0.2, -0.15) is 0 Å². The van der Waals surface area contributed by atoms with Gasteiger partial charge in [0.2, 0.25) is 0 Å². The summed E-state index contributed by atoms with van der Waals surface area (Å²) in [4.78, 5) is 12.7. The van der Waals surface area contributed by atoms with Gasteiger partial charge in [-0.3, -0.25) is 0 Å². The van der Waals surface area contributed by atoms with Crippen LogP contribution in [0.5, 0.6) is 0 Å². The van der Waals surface area contributed by atoms with E-state index in [1.807, 2.05) is 36.4 Å². The highest BCUT2D eigenvalue weighted by molar-refractivity contribution is 7.99. The molecular formula is C14H12ClNO2S. The Bertz CT molecular complexity index is 575. The first-order chi connectivity index (χ1) is 9.15. The number of carboxylic acid groups (broad SMARTS) is 1. The van der Waals surface area contributed by atoms with Gasteiger partial charge < -0.3 is 10.4 Å². The first-order valence-electron chi connectivity index (χ1n) is 5.63. The Morgan fingerprint density at radius 1 is 1.21 bits per heavy atom. The summed E-state index contributed by atoms with van der Waals surface area (Å²) >= 11 is 7.53. The maximum absolute atomic E-state index is 10.6. The van der Waals surface area contributed by atoms with Crippen LogP contribution in [0.2, 0.25) is 5.02 Å². The lowest BCUT2D eigenvalue weighted by Gasteiger charge is -2.09. The fourth-order valence-electron chi connectivity index (χ4n) is 1.57. The minimum absolute atomic E-state index is 0.241. The normalized spacial score (nSPS) is 10.2. The second-order valence-electron chi connectivity index (χ2n) is 3.83. The first kappa shape index (κ1) is 13.8. The number of hydrogen-bond donors (Lipinski definition) is 2. The SMILES string of the molecule is O=C(O)NCc1cc(Cl)ccc1Sc1ccccc1. The maximum Gasteiger partial charge on any atom is 0.404 e. The quantitative estimate of drug-likeness (QED) is 0.885. The average Bonchev–Trinajstić information content (AvgIpc) is 2.40. The third kappa shape index (κ3) is 4.19.